The smallest absolute Gasteiger partial charge is 0.407 e. The fourth-order valence-electron chi connectivity index (χ4n) is 3.08. The van der Waals surface area contributed by atoms with Gasteiger partial charge in [-0.25, -0.2) is 9.89 Å². The maximum absolute atomic E-state index is 11.9. The minimum atomic E-state index is -0.516. The highest BCUT2D eigenvalue weighted by Gasteiger charge is 2.31. The summed E-state index contributed by atoms with van der Waals surface area (Å²) in [4.78, 5) is 25.3. The number of carbonyl (C=O) groups is 1. The van der Waals surface area contributed by atoms with E-state index in [9.17, 15) is 14.7 Å². The number of carbonyl (C=O) groups excluding carboxylic acids is 1. The van der Waals surface area contributed by atoms with E-state index in [1.807, 2.05) is 4.90 Å². The molecule has 3 rings (SSSR count). The lowest BCUT2D eigenvalue weighted by molar-refractivity contribution is 0.0916. The molecule has 2 fully saturated rings. The van der Waals surface area contributed by atoms with Crippen molar-refractivity contribution in [3.05, 3.63) is 21.6 Å². The van der Waals surface area contributed by atoms with Gasteiger partial charge in [0.2, 0.25) is 0 Å². The topological polar surface area (TPSA) is 108 Å². The highest BCUT2D eigenvalue weighted by molar-refractivity contribution is 6.33. The maximum atomic E-state index is 11.9. The molecule has 0 unspecified atom stereocenters. The van der Waals surface area contributed by atoms with Gasteiger partial charge in [0.1, 0.15) is 11.1 Å². The van der Waals surface area contributed by atoms with Crippen molar-refractivity contribution in [1.82, 2.24) is 15.5 Å². The molecule has 2 aliphatic rings. The van der Waals surface area contributed by atoms with E-state index < -0.39 is 17.8 Å². The van der Waals surface area contributed by atoms with Crippen molar-refractivity contribution < 1.29 is 14.6 Å². The number of anilines is 1. The SMILES string of the molecule is O=C(N[C@@H]1CCC[C@@H]1O)O[C@@H]1CCN(c2cn[nH]c(=O)c2Cl)C1. The largest absolute Gasteiger partial charge is 0.444 e. The first-order valence-corrected chi connectivity index (χ1v) is 8.05. The second-order valence-electron chi connectivity index (χ2n) is 5.91. The number of nitrogens with one attached hydrogen (secondary N) is 2. The Morgan fingerprint density at radius 1 is 1.48 bits per heavy atom. The van der Waals surface area contributed by atoms with Crippen molar-refractivity contribution in [3.63, 3.8) is 0 Å². The van der Waals surface area contributed by atoms with E-state index in [0.717, 1.165) is 12.8 Å². The first kappa shape index (κ1) is 16.1. The molecule has 3 atom stereocenters. The standard InChI is InChI=1S/C14H19ClN4O4/c15-12-10(6-16-18-13(12)21)19-5-4-8(7-19)23-14(22)17-9-2-1-3-11(9)20/h6,8-9,11,20H,1-5,7H2,(H,17,22)(H,18,21)/t8-,9-,11+/m1/s1. The zero-order valence-corrected chi connectivity index (χ0v) is 13.3. The predicted molar refractivity (Wildman–Crippen MR) is 83.7 cm³/mol. The molecule has 9 heteroatoms. The molecule has 1 saturated heterocycles. The van der Waals surface area contributed by atoms with E-state index in [4.69, 9.17) is 16.3 Å². The molecule has 2 heterocycles. The van der Waals surface area contributed by atoms with Crippen molar-refractivity contribution in [3.8, 4) is 0 Å². The third-order valence-corrected chi connectivity index (χ3v) is 4.68. The molecule has 0 radical (unpaired) electrons. The van der Waals surface area contributed by atoms with E-state index in [0.29, 0.717) is 31.6 Å². The average molecular weight is 343 g/mol. The number of H-pyrrole nitrogens is 1. The van der Waals surface area contributed by atoms with E-state index in [1.165, 1.54) is 6.20 Å². The van der Waals surface area contributed by atoms with E-state index >= 15 is 0 Å². The molecule has 1 aliphatic carbocycles. The number of rotatable bonds is 3. The van der Waals surface area contributed by atoms with Crippen LogP contribution in [0.3, 0.4) is 0 Å². The summed E-state index contributed by atoms with van der Waals surface area (Å²) >= 11 is 5.98. The molecule has 23 heavy (non-hydrogen) atoms. The number of aliphatic hydroxyl groups excluding tert-OH is 1. The third-order valence-electron chi connectivity index (χ3n) is 4.32. The minimum absolute atomic E-state index is 0.0826. The number of alkyl carbamates (subject to hydrolysis) is 1. The summed E-state index contributed by atoms with van der Waals surface area (Å²) < 4.78 is 5.39. The predicted octanol–water partition coefficient (Wildman–Crippen LogP) is 0.642. The van der Waals surface area contributed by atoms with Crippen LogP contribution in [0.15, 0.2) is 11.0 Å². The van der Waals surface area contributed by atoms with Crippen LogP contribution < -0.4 is 15.8 Å². The van der Waals surface area contributed by atoms with Gasteiger partial charge < -0.3 is 20.1 Å². The van der Waals surface area contributed by atoms with Crippen molar-refractivity contribution in [2.45, 2.75) is 43.9 Å². The molecule has 8 nitrogen and oxygen atoms in total. The number of aromatic nitrogens is 2. The Kier molecular flexibility index (Phi) is 4.72. The van der Waals surface area contributed by atoms with Gasteiger partial charge >= 0.3 is 6.09 Å². The van der Waals surface area contributed by atoms with Gasteiger partial charge in [-0.1, -0.05) is 11.6 Å². The second-order valence-corrected chi connectivity index (χ2v) is 6.29. The first-order chi connectivity index (χ1) is 11.0. The van der Waals surface area contributed by atoms with Gasteiger partial charge in [-0.15, -0.1) is 0 Å². The molecule has 126 valence electrons. The Hall–Kier alpha value is -1.80. The molecule has 1 amide bonds. The van der Waals surface area contributed by atoms with Gasteiger partial charge in [-0.05, 0) is 19.3 Å². The molecule has 1 aliphatic heterocycles. The molecule has 1 aromatic heterocycles. The van der Waals surface area contributed by atoms with Crippen LogP contribution in [0.4, 0.5) is 10.5 Å². The molecule has 0 spiro atoms. The second kappa shape index (κ2) is 6.76. The lowest BCUT2D eigenvalue weighted by Crippen LogP contribution is -2.41. The van der Waals surface area contributed by atoms with Gasteiger partial charge in [0.05, 0.1) is 30.6 Å². The van der Waals surface area contributed by atoms with Crippen LogP contribution in [0.1, 0.15) is 25.7 Å². The lowest BCUT2D eigenvalue weighted by atomic mass is 10.2. The van der Waals surface area contributed by atoms with Crippen LogP contribution >= 0.6 is 11.6 Å². The van der Waals surface area contributed by atoms with Gasteiger partial charge in [0.25, 0.3) is 5.56 Å². The third kappa shape index (κ3) is 3.59. The summed E-state index contributed by atoms with van der Waals surface area (Å²) in [5, 5.41) is 18.5. The lowest BCUT2D eigenvalue weighted by Gasteiger charge is -2.20. The summed E-state index contributed by atoms with van der Waals surface area (Å²) in [5.41, 5.74) is 0.0923. The highest BCUT2D eigenvalue weighted by atomic mass is 35.5. The number of ether oxygens (including phenoxy) is 1. The fraction of sp³-hybridized carbons (Fsp3) is 0.643. The van der Waals surface area contributed by atoms with E-state index in [2.05, 4.69) is 15.5 Å². The van der Waals surface area contributed by atoms with Crippen LogP contribution in [0.5, 0.6) is 0 Å². The van der Waals surface area contributed by atoms with Crippen LogP contribution in [-0.4, -0.2) is 52.7 Å². The molecule has 0 bridgehead atoms. The zero-order valence-electron chi connectivity index (χ0n) is 12.5. The van der Waals surface area contributed by atoms with Crippen molar-refractivity contribution >= 4 is 23.4 Å². The summed E-state index contributed by atoms with van der Waals surface area (Å²) in [6.07, 6.45) is 3.20. The number of hydrogen-bond acceptors (Lipinski definition) is 6. The van der Waals surface area contributed by atoms with Crippen LogP contribution in [0, 0.1) is 0 Å². The van der Waals surface area contributed by atoms with Gasteiger partial charge in [-0.2, -0.15) is 5.10 Å². The van der Waals surface area contributed by atoms with E-state index in [-0.39, 0.29) is 17.2 Å². The molecule has 1 saturated carbocycles. The van der Waals surface area contributed by atoms with Gasteiger partial charge in [-0.3, -0.25) is 4.79 Å². The van der Waals surface area contributed by atoms with Crippen LogP contribution in [-0.2, 0) is 4.74 Å². The summed E-state index contributed by atoms with van der Waals surface area (Å²) in [6.45, 7) is 1.07. The summed E-state index contributed by atoms with van der Waals surface area (Å²) in [6, 6.07) is -0.230. The number of aromatic amines is 1. The molecule has 0 aromatic carbocycles. The fourth-order valence-corrected chi connectivity index (χ4v) is 3.29. The molecule has 3 N–H and O–H groups in total. The number of nitrogens with zero attached hydrogens (tertiary/aromatic N) is 2. The monoisotopic (exact) mass is 342 g/mol. The Morgan fingerprint density at radius 2 is 2.30 bits per heavy atom. The van der Waals surface area contributed by atoms with Crippen LogP contribution in [0.25, 0.3) is 0 Å². The summed E-state index contributed by atoms with van der Waals surface area (Å²) in [7, 11) is 0. The Bertz CT molecular complexity index is 637. The Balaban J connectivity index is 1.54. The highest BCUT2D eigenvalue weighted by Crippen LogP contribution is 2.26. The number of amides is 1. The first-order valence-electron chi connectivity index (χ1n) is 7.68. The molecule has 1 aromatic rings. The Labute approximate surface area is 137 Å². The summed E-state index contributed by atoms with van der Waals surface area (Å²) in [5.74, 6) is 0. The van der Waals surface area contributed by atoms with Crippen molar-refractivity contribution in [2.75, 3.05) is 18.0 Å². The normalized spacial score (nSPS) is 27.2. The number of aliphatic hydroxyl groups is 1. The number of halogens is 1. The molecular weight excluding hydrogens is 324 g/mol. The van der Waals surface area contributed by atoms with E-state index in [1.54, 1.807) is 0 Å². The molecular formula is C14H19ClN4O4. The van der Waals surface area contributed by atoms with Gasteiger partial charge in [0, 0.05) is 13.0 Å². The quantitative estimate of drug-likeness (QED) is 0.744. The Morgan fingerprint density at radius 3 is 3.04 bits per heavy atom. The average Bonchev–Trinajstić information content (AvgIpc) is 3.12. The zero-order chi connectivity index (χ0) is 16.4. The van der Waals surface area contributed by atoms with Crippen molar-refractivity contribution in [2.24, 2.45) is 0 Å². The van der Waals surface area contributed by atoms with Crippen molar-refractivity contribution in [1.29, 1.82) is 0 Å². The maximum Gasteiger partial charge on any atom is 0.407 e. The number of hydrogen-bond donors (Lipinski definition) is 3. The van der Waals surface area contributed by atoms with Crippen LogP contribution in [0.2, 0.25) is 5.02 Å². The van der Waals surface area contributed by atoms with Gasteiger partial charge in [0.15, 0.2) is 0 Å². The minimum Gasteiger partial charge on any atom is -0.444 e.